The number of benzene rings is 1. The number of likely N-dealkylation sites (N-methyl/N-ethyl adjacent to an activating group) is 1. The molecular formula is C17H29N3. The molecule has 1 heterocycles. The average Bonchev–Trinajstić information content (AvgIpc) is 2.44. The summed E-state index contributed by atoms with van der Waals surface area (Å²) in [5, 5.41) is 3.61. The monoisotopic (exact) mass is 275 g/mol. The first-order valence-corrected chi connectivity index (χ1v) is 7.80. The lowest BCUT2D eigenvalue weighted by Gasteiger charge is -2.42. The Kier molecular flexibility index (Phi) is 5.58. The summed E-state index contributed by atoms with van der Waals surface area (Å²) in [4.78, 5) is 5.09. The average molecular weight is 275 g/mol. The van der Waals surface area contributed by atoms with Gasteiger partial charge in [0.25, 0.3) is 0 Å². The van der Waals surface area contributed by atoms with Gasteiger partial charge in [0.2, 0.25) is 0 Å². The molecule has 0 aliphatic carbocycles. The van der Waals surface area contributed by atoms with Crippen molar-refractivity contribution in [1.29, 1.82) is 0 Å². The van der Waals surface area contributed by atoms with E-state index in [1.54, 1.807) is 0 Å². The maximum atomic E-state index is 3.61. The normalized spacial score (nSPS) is 23.1. The van der Waals surface area contributed by atoms with Crippen molar-refractivity contribution in [3.05, 3.63) is 35.9 Å². The zero-order valence-electron chi connectivity index (χ0n) is 13.3. The molecule has 1 aromatic carbocycles. The van der Waals surface area contributed by atoms with Crippen LogP contribution in [0, 0.1) is 0 Å². The number of nitrogens with zero attached hydrogens (tertiary/aromatic N) is 2. The van der Waals surface area contributed by atoms with Crippen LogP contribution >= 0.6 is 0 Å². The molecule has 1 saturated heterocycles. The summed E-state index contributed by atoms with van der Waals surface area (Å²) in [6.45, 7) is 11.2. The smallest absolute Gasteiger partial charge is 0.0473 e. The van der Waals surface area contributed by atoms with Crippen LogP contribution in [-0.4, -0.2) is 55.1 Å². The van der Waals surface area contributed by atoms with E-state index in [0.717, 1.165) is 26.2 Å². The molecule has 2 atom stereocenters. The Labute approximate surface area is 124 Å². The Morgan fingerprint density at radius 1 is 1.20 bits per heavy atom. The summed E-state index contributed by atoms with van der Waals surface area (Å²) in [5.74, 6) is 0. The molecule has 2 unspecified atom stereocenters. The van der Waals surface area contributed by atoms with Gasteiger partial charge in [-0.2, -0.15) is 0 Å². The van der Waals surface area contributed by atoms with Crippen LogP contribution in [0.4, 0.5) is 0 Å². The van der Waals surface area contributed by atoms with Gasteiger partial charge in [-0.1, -0.05) is 44.2 Å². The molecule has 2 rings (SSSR count). The fourth-order valence-electron chi connectivity index (χ4n) is 2.84. The third-order valence-electron chi connectivity index (χ3n) is 4.34. The van der Waals surface area contributed by atoms with Crippen LogP contribution in [0.15, 0.2) is 30.3 Å². The Morgan fingerprint density at radius 2 is 1.90 bits per heavy atom. The minimum atomic E-state index is 0.481. The van der Waals surface area contributed by atoms with E-state index < -0.39 is 0 Å². The van der Waals surface area contributed by atoms with Gasteiger partial charge < -0.3 is 10.2 Å². The molecule has 3 heteroatoms. The molecule has 0 aromatic heterocycles. The summed E-state index contributed by atoms with van der Waals surface area (Å²) < 4.78 is 0. The van der Waals surface area contributed by atoms with E-state index in [1.165, 1.54) is 5.56 Å². The van der Waals surface area contributed by atoms with Crippen molar-refractivity contribution in [2.45, 2.75) is 38.9 Å². The van der Waals surface area contributed by atoms with Crippen molar-refractivity contribution < 1.29 is 0 Å². The zero-order chi connectivity index (χ0) is 14.5. The third-order valence-corrected chi connectivity index (χ3v) is 4.34. The number of rotatable bonds is 5. The molecule has 1 aliphatic rings. The lowest BCUT2D eigenvalue weighted by atomic mass is 10.0. The molecule has 1 fully saturated rings. The van der Waals surface area contributed by atoms with E-state index in [1.807, 2.05) is 0 Å². The van der Waals surface area contributed by atoms with Gasteiger partial charge in [-0.05, 0) is 19.5 Å². The number of hydrogen-bond donors (Lipinski definition) is 1. The van der Waals surface area contributed by atoms with Crippen LogP contribution in [0.5, 0.6) is 0 Å². The van der Waals surface area contributed by atoms with Gasteiger partial charge in [-0.15, -0.1) is 0 Å². The molecule has 3 nitrogen and oxygen atoms in total. The predicted molar refractivity (Wildman–Crippen MR) is 86.0 cm³/mol. The third kappa shape index (κ3) is 4.05. The highest BCUT2D eigenvalue weighted by Crippen LogP contribution is 2.23. The van der Waals surface area contributed by atoms with E-state index in [0.29, 0.717) is 18.1 Å². The predicted octanol–water partition coefficient (Wildman–Crippen LogP) is 2.36. The maximum Gasteiger partial charge on any atom is 0.0473 e. The highest BCUT2D eigenvalue weighted by atomic mass is 15.3. The molecule has 0 radical (unpaired) electrons. The van der Waals surface area contributed by atoms with E-state index in [-0.39, 0.29) is 0 Å². The highest BCUT2D eigenvalue weighted by molar-refractivity contribution is 5.19. The summed E-state index contributed by atoms with van der Waals surface area (Å²) in [7, 11) is 2.23. The van der Waals surface area contributed by atoms with Gasteiger partial charge in [0.15, 0.2) is 0 Å². The van der Waals surface area contributed by atoms with Crippen molar-refractivity contribution in [3.63, 3.8) is 0 Å². The Morgan fingerprint density at radius 3 is 2.50 bits per heavy atom. The topological polar surface area (TPSA) is 18.5 Å². The lowest BCUT2D eigenvalue weighted by Crippen LogP contribution is -2.52. The number of hydrogen-bond acceptors (Lipinski definition) is 3. The molecule has 1 aliphatic heterocycles. The molecule has 112 valence electrons. The van der Waals surface area contributed by atoms with Gasteiger partial charge >= 0.3 is 0 Å². The first-order chi connectivity index (χ1) is 9.58. The van der Waals surface area contributed by atoms with Crippen LogP contribution in [0.3, 0.4) is 0 Å². The zero-order valence-corrected chi connectivity index (χ0v) is 13.3. The minimum Gasteiger partial charge on any atom is -0.313 e. The van der Waals surface area contributed by atoms with Gasteiger partial charge in [0.05, 0.1) is 0 Å². The van der Waals surface area contributed by atoms with Crippen LogP contribution in [0.25, 0.3) is 0 Å². The quantitative estimate of drug-likeness (QED) is 0.890. The van der Waals surface area contributed by atoms with E-state index in [4.69, 9.17) is 0 Å². The van der Waals surface area contributed by atoms with Crippen molar-refractivity contribution in [2.24, 2.45) is 0 Å². The van der Waals surface area contributed by atoms with Gasteiger partial charge in [-0.25, -0.2) is 0 Å². The van der Waals surface area contributed by atoms with Crippen LogP contribution in [0.1, 0.15) is 32.4 Å². The van der Waals surface area contributed by atoms with E-state index >= 15 is 0 Å². The summed E-state index contributed by atoms with van der Waals surface area (Å²) in [6.07, 6.45) is 0. The van der Waals surface area contributed by atoms with Gasteiger partial charge in [0, 0.05) is 44.3 Å². The van der Waals surface area contributed by atoms with Gasteiger partial charge in [0.1, 0.15) is 0 Å². The molecule has 0 bridgehead atoms. The molecular weight excluding hydrogens is 246 g/mol. The van der Waals surface area contributed by atoms with Crippen LogP contribution in [0.2, 0.25) is 0 Å². The standard InChI is InChI=1S/C17H29N3/c1-14(2)18-12-17(16-8-6-5-7-9-16)20-11-10-19(4)15(3)13-20/h5-9,14-15,17-18H,10-13H2,1-4H3. The lowest BCUT2D eigenvalue weighted by molar-refractivity contribution is 0.0704. The maximum absolute atomic E-state index is 3.61. The van der Waals surface area contributed by atoms with Crippen LogP contribution < -0.4 is 5.32 Å². The van der Waals surface area contributed by atoms with E-state index in [2.05, 4.69) is 73.3 Å². The summed E-state index contributed by atoms with van der Waals surface area (Å²) >= 11 is 0. The van der Waals surface area contributed by atoms with Crippen molar-refractivity contribution >= 4 is 0 Å². The minimum absolute atomic E-state index is 0.481. The summed E-state index contributed by atoms with van der Waals surface area (Å²) in [5.41, 5.74) is 1.43. The Balaban J connectivity index is 2.10. The second-order valence-corrected chi connectivity index (χ2v) is 6.31. The molecule has 1 aromatic rings. The van der Waals surface area contributed by atoms with E-state index in [9.17, 15) is 0 Å². The Bertz CT molecular complexity index is 390. The first-order valence-electron chi connectivity index (χ1n) is 7.80. The molecule has 1 N–H and O–H groups in total. The molecule has 0 spiro atoms. The van der Waals surface area contributed by atoms with Crippen molar-refractivity contribution in [1.82, 2.24) is 15.1 Å². The largest absolute Gasteiger partial charge is 0.313 e. The molecule has 0 amide bonds. The first kappa shape index (κ1) is 15.5. The van der Waals surface area contributed by atoms with Gasteiger partial charge in [-0.3, -0.25) is 4.90 Å². The fraction of sp³-hybridized carbons (Fsp3) is 0.647. The number of nitrogens with one attached hydrogen (secondary N) is 1. The number of piperazine rings is 1. The van der Waals surface area contributed by atoms with Crippen molar-refractivity contribution in [3.8, 4) is 0 Å². The fourth-order valence-corrected chi connectivity index (χ4v) is 2.84. The summed E-state index contributed by atoms with van der Waals surface area (Å²) in [6, 6.07) is 12.6. The highest BCUT2D eigenvalue weighted by Gasteiger charge is 2.27. The van der Waals surface area contributed by atoms with Crippen LogP contribution in [-0.2, 0) is 0 Å². The Hall–Kier alpha value is -0.900. The molecule has 20 heavy (non-hydrogen) atoms. The second kappa shape index (κ2) is 7.21. The molecule has 0 saturated carbocycles. The SMILES string of the molecule is CC(C)NCC(c1ccccc1)N1CCN(C)C(C)C1. The second-order valence-electron chi connectivity index (χ2n) is 6.31. The van der Waals surface area contributed by atoms with Crippen molar-refractivity contribution in [2.75, 3.05) is 33.2 Å².